The fraction of sp³-hybridized carbons (Fsp3) is 0.292. The van der Waals surface area contributed by atoms with Gasteiger partial charge in [-0.05, 0) is 60.9 Å². The molecule has 178 valence electrons. The van der Waals surface area contributed by atoms with E-state index in [-0.39, 0.29) is 29.0 Å². The zero-order chi connectivity index (χ0) is 24.1. The van der Waals surface area contributed by atoms with Crippen molar-refractivity contribution in [1.29, 1.82) is 0 Å². The summed E-state index contributed by atoms with van der Waals surface area (Å²) in [6, 6.07) is 12.9. The summed E-state index contributed by atoms with van der Waals surface area (Å²) in [7, 11) is 1.57. The van der Waals surface area contributed by atoms with Gasteiger partial charge >= 0.3 is 6.61 Å². The number of amidine groups is 1. The van der Waals surface area contributed by atoms with Crippen LogP contribution in [-0.4, -0.2) is 54.4 Å². The minimum atomic E-state index is -2.94. The summed E-state index contributed by atoms with van der Waals surface area (Å²) >= 11 is 1.17. The summed E-state index contributed by atoms with van der Waals surface area (Å²) < 4.78 is 34.6. The molecule has 0 aliphatic carbocycles. The number of hydrogen-bond donors (Lipinski definition) is 0. The lowest BCUT2D eigenvalue weighted by atomic mass is 10.2. The molecule has 2 aliphatic heterocycles. The molecule has 7 nitrogen and oxygen atoms in total. The van der Waals surface area contributed by atoms with E-state index in [1.54, 1.807) is 42.4 Å². The van der Waals surface area contributed by atoms with E-state index >= 15 is 0 Å². The molecule has 1 fully saturated rings. The van der Waals surface area contributed by atoms with Gasteiger partial charge < -0.3 is 14.4 Å². The number of alkyl halides is 2. The van der Waals surface area contributed by atoms with Crippen LogP contribution in [0.25, 0.3) is 6.08 Å². The standard InChI is InChI=1S/C24H23F2N3O4S/c1-32-18-8-4-16(5-9-18)14-20-22(31)29(17-6-10-19(11-7-17)33-23(25)26)24(27-20)34-15-21(30)28-12-2-3-13-28/h4-11,14,23H,2-3,12-13,15H2,1H3. The molecule has 2 aliphatic rings. The largest absolute Gasteiger partial charge is 0.497 e. The average molecular weight is 488 g/mol. The number of nitrogens with zero attached hydrogens (tertiary/aromatic N) is 3. The lowest BCUT2D eigenvalue weighted by molar-refractivity contribution is -0.127. The van der Waals surface area contributed by atoms with Gasteiger partial charge in [0.2, 0.25) is 5.91 Å². The van der Waals surface area contributed by atoms with Gasteiger partial charge in [0.05, 0.1) is 18.6 Å². The number of amides is 2. The third-order valence-electron chi connectivity index (χ3n) is 5.35. The van der Waals surface area contributed by atoms with E-state index in [2.05, 4.69) is 9.73 Å². The predicted molar refractivity (Wildman–Crippen MR) is 127 cm³/mol. The monoisotopic (exact) mass is 487 g/mol. The summed E-state index contributed by atoms with van der Waals surface area (Å²) in [5, 5.41) is 0.347. The van der Waals surface area contributed by atoms with Crippen molar-refractivity contribution in [2.45, 2.75) is 19.5 Å². The Morgan fingerprint density at radius 2 is 1.74 bits per heavy atom. The first-order chi connectivity index (χ1) is 16.4. The summed E-state index contributed by atoms with van der Waals surface area (Å²) in [6.45, 7) is -1.46. The molecule has 2 amide bonds. The van der Waals surface area contributed by atoms with E-state index in [1.165, 1.54) is 40.9 Å². The number of halogens is 2. The Balaban J connectivity index is 1.59. The highest BCUT2D eigenvalue weighted by Crippen LogP contribution is 2.31. The van der Waals surface area contributed by atoms with Crippen LogP contribution in [0.15, 0.2) is 59.2 Å². The highest BCUT2D eigenvalue weighted by Gasteiger charge is 2.33. The highest BCUT2D eigenvalue weighted by molar-refractivity contribution is 8.14. The maximum Gasteiger partial charge on any atom is 0.387 e. The first-order valence-electron chi connectivity index (χ1n) is 10.7. The Hall–Kier alpha value is -3.40. The topological polar surface area (TPSA) is 71.4 Å². The van der Waals surface area contributed by atoms with Crippen LogP contribution in [0.2, 0.25) is 0 Å². The molecule has 0 aromatic heterocycles. The molecular formula is C24H23F2N3O4S. The molecule has 0 bridgehead atoms. The highest BCUT2D eigenvalue weighted by atomic mass is 32.2. The van der Waals surface area contributed by atoms with Crippen molar-refractivity contribution in [1.82, 2.24) is 4.90 Å². The van der Waals surface area contributed by atoms with E-state index in [0.717, 1.165) is 31.5 Å². The molecule has 2 heterocycles. The SMILES string of the molecule is COc1ccc(C=C2N=C(SCC(=O)N3CCCC3)N(c3ccc(OC(F)F)cc3)C2=O)cc1. The number of carbonyl (C=O) groups is 2. The number of hydrogen-bond acceptors (Lipinski definition) is 6. The molecule has 0 N–H and O–H groups in total. The van der Waals surface area contributed by atoms with Crippen LogP contribution < -0.4 is 14.4 Å². The van der Waals surface area contributed by atoms with Crippen LogP contribution in [0.4, 0.5) is 14.5 Å². The van der Waals surface area contributed by atoms with Gasteiger partial charge in [-0.2, -0.15) is 8.78 Å². The number of anilines is 1. The Kier molecular flexibility index (Phi) is 7.46. The smallest absolute Gasteiger partial charge is 0.387 e. The Bertz CT molecular complexity index is 1100. The Labute approximate surface area is 200 Å². The second kappa shape index (κ2) is 10.7. The van der Waals surface area contributed by atoms with Crippen molar-refractivity contribution in [2.24, 2.45) is 4.99 Å². The van der Waals surface area contributed by atoms with Gasteiger partial charge in [0, 0.05) is 13.1 Å². The van der Waals surface area contributed by atoms with Crippen LogP contribution in [0, 0.1) is 0 Å². The van der Waals surface area contributed by atoms with Crippen LogP contribution in [0.1, 0.15) is 18.4 Å². The number of likely N-dealkylation sites (tertiary alicyclic amines) is 1. The lowest BCUT2D eigenvalue weighted by Gasteiger charge is -2.19. The van der Waals surface area contributed by atoms with Crippen molar-refractivity contribution in [2.75, 3.05) is 30.9 Å². The van der Waals surface area contributed by atoms with Crippen LogP contribution >= 0.6 is 11.8 Å². The van der Waals surface area contributed by atoms with Gasteiger partial charge in [-0.25, -0.2) is 4.99 Å². The van der Waals surface area contributed by atoms with E-state index in [1.807, 2.05) is 0 Å². The van der Waals surface area contributed by atoms with Crippen molar-refractivity contribution in [3.05, 3.63) is 59.8 Å². The number of methoxy groups -OCH3 is 1. The van der Waals surface area contributed by atoms with Gasteiger partial charge in [-0.1, -0.05) is 23.9 Å². The summed E-state index contributed by atoms with van der Waals surface area (Å²) in [5.41, 5.74) is 1.40. The fourth-order valence-corrected chi connectivity index (χ4v) is 4.56. The first-order valence-corrected chi connectivity index (χ1v) is 11.7. The zero-order valence-corrected chi connectivity index (χ0v) is 19.3. The van der Waals surface area contributed by atoms with E-state index in [4.69, 9.17) is 4.74 Å². The molecule has 4 rings (SSSR count). The molecule has 0 atom stereocenters. The summed E-state index contributed by atoms with van der Waals surface area (Å²) in [6.07, 6.45) is 3.63. The summed E-state index contributed by atoms with van der Waals surface area (Å²) in [5.74, 6) is 0.424. The minimum absolute atomic E-state index is 0.00846. The quantitative estimate of drug-likeness (QED) is 0.542. The van der Waals surface area contributed by atoms with Crippen LogP contribution in [0.3, 0.4) is 0 Å². The third-order valence-corrected chi connectivity index (χ3v) is 6.28. The molecule has 1 saturated heterocycles. The Morgan fingerprint density at radius 1 is 1.09 bits per heavy atom. The average Bonchev–Trinajstić information content (AvgIpc) is 3.47. The van der Waals surface area contributed by atoms with Gasteiger partial charge in [0.1, 0.15) is 17.2 Å². The van der Waals surface area contributed by atoms with Gasteiger partial charge in [-0.3, -0.25) is 14.5 Å². The molecule has 0 saturated carbocycles. The first kappa shape index (κ1) is 23.7. The van der Waals surface area contributed by atoms with Crippen LogP contribution in [0.5, 0.6) is 11.5 Å². The third kappa shape index (κ3) is 5.56. The number of carbonyl (C=O) groups excluding carboxylic acids is 2. The number of benzene rings is 2. The van der Waals surface area contributed by atoms with Crippen molar-refractivity contribution < 1.29 is 27.8 Å². The molecule has 0 spiro atoms. The molecule has 34 heavy (non-hydrogen) atoms. The molecule has 0 unspecified atom stereocenters. The molecule has 2 aromatic rings. The summed E-state index contributed by atoms with van der Waals surface area (Å²) in [4.78, 5) is 33.5. The van der Waals surface area contributed by atoms with Crippen molar-refractivity contribution in [3.63, 3.8) is 0 Å². The molecule has 0 radical (unpaired) electrons. The molecule has 10 heteroatoms. The van der Waals surface area contributed by atoms with E-state index in [9.17, 15) is 18.4 Å². The predicted octanol–water partition coefficient (Wildman–Crippen LogP) is 4.40. The molecular weight excluding hydrogens is 464 g/mol. The number of thioether (sulfide) groups is 1. The normalized spacial score (nSPS) is 17.0. The van der Waals surface area contributed by atoms with Crippen molar-refractivity contribution in [3.8, 4) is 11.5 Å². The number of ether oxygens (including phenoxy) is 2. The molecule has 2 aromatic carbocycles. The van der Waals surface area contributed by atoms with E-state index in [0.29, 0.717) is 16.6 Å². The maximum atomic E-state index is 13.3. The van der Waals surface area contributed by atoms with E-state index < -0.39 is 6.61 Å². The second-order valence-corrected chi connectivity index (χ2v) is 8.53. The second-order valence-electron chi connectivity index (χ2n) is 7.59. The number of aliphatic imine (C=N–C) groups is 1. The zero-order valence-electron chi connectivity index (χ0n) is 18.4. The van der Waals surface area contributed by atoms with Crippen molar-refractivity contribution >= 4 is 40.5 Å². The lowest BCUT2D eigenvalue weighted by Crippen LogP contribution is -2.33. The fourth-order valence-electron chi connectivity index (χ4n) is 3.64. The van der Waals surface area contributed by atoms with Gasteiger partial charge in [-0.15, -0.1) is 0 Å². The van der Waals surface area contributed by atoms with Gasteiger partial charge in [0.25, 0.3) is 5.91 Å². The Morgan fingerprint density at radius 3 is 2.35 bits per heavy atom. The van der Waals surface area contributed by atoms with Gasteiger partial charge in [0.15, 0.2) is 5.17 Å². The number of rotatable bonds is 7. The maximum absolute atomic E-state index is 13.3. The minimum Gasteiger partial charge on any atom is -0.497 e. The van der Waals surface area contributed by atoms with Crippen LogP contribution in [-0.2, 0) is 9.59 Å².